The van der Waals surface area contributed by atoms with Gasteiger partial charge >= 0.3 is 11.9 Å². The van der Waals surface area contributed by atoms with Crippen molar-refractivity contribution in [3.05, 3.63) is 18.2 Å². The molecule has 1 fully saturated rings. The molecule has 0 spiro atoms. The van der Waals surface area contributed by atoms with Gasteiger partial charge in [0.15, 0.2) is 0 Å². The van der Waals surface area contributed by atoms with Crippen LogP contribution < -0.4 is 16.4 Å². The summed E-state index contributed by atoms with van der Waals surface area (Å²) >= 11 is 0. The van der Waals surface area contributed by atoms with Gasteiger partial charge in [0.05, 0.1) is 18.5 Å². The summed E-state index contributed by atoms with van der Waals surface area (Å²) in [4.78, 5) is 68.4. The average molecular weight is 482 g/mol. The van der Waals surface area contributed by atoms with E-state index in [9.17, 15) is 34.2 Å². The Morgan fingerprint density at radius 1 is 1.24 bits per heavy atom. The minimum Gasteiger partial charge on any atom is -0.481 e. The average Bonchev–Trinajstić information content (AvgIpc) is 3.46. The predicted molar refractivity (Wildman–Crippen MR) is 115 cm³/mol. The van der Waals surface area contributed by atoms with Crippen LogP contribution in [0.1, 0.15) is 38.3 Å². The fourth-order valence-electron chi connectivity index (χ4n) is 3.62. The van der Waals surface area contributed by atoms with Crippen LogP contribution in [0.15, 0.2) is 12.5 Å². The highest BCUT2D eigenvalue weighted by atomic mass is 16.4. The van der Waals surface area contributed by atoms with E-state index >= 15 is 0 Å². The van der Waals surface area contributed by atoms with E-state index in [0.717, 1.165) is 4.90 Å². The number of amides is 3. The zero-order valence-corrected chi connectivity index (χ0v) is 18.6. The molecule has 5 unspecified atom stereocenters. The Morgan fingerprint density at radius 2 is 1.94 bits per heavy atom. The number of imidazole rings is 1. The smallest absolute Gasteiger partial charge is 0.326 e. The van der Waals surface area contributed by atoms with Crippen LogP contribution in [0.2, 0.25) is 0 Å². The first kappa shape index (κ1) is 26.7. The molecule has 2 rings (SSSR count). The van der Waals surface area contributed by atoms with Gasteiger partial charge in [-0.3, -0.25) is 19.2 Å². The summed E-state index contributed by atoms with van der Waals surface area (Å²) in [5.74, 6) is -4.65. The van der Waals surface area contributed by atoms with E-state index < -0.39 is 59.9 Å². The number of likely N-dealkylation sites (tertiary alicyclic amines) is 1. The van der Waals surface area contributed by atoms with Crippen molar-refractivity contribution in [1.82, 2.24) is 25.5 Å². The lowest BCUT2D eigenvalue weighted by molar-refractivity contribution is -0.150. The van der Waals surface area contributed by atoms with Gasteiger partial charge in [-0.15, -0.1) is 0 Å². The summed E-state index contributed by atoms with van der Waals surface area (Å²) in [7, 11) is 0. The number of aromatic nitrogens is 2. The van der Waals surface area contributed by atoms with Gasteiger partial charge < -0.3 is 41.6 Å². The fourth-order valence-corrected chi connectivity index (χ4v) is 3.62. The molecule has 1 aliphatic heterocycles. The summed E-state index contributed by atoms with van der Waals surface area (Å²) in [5.41, 5.74) is 6.20. The number of aromatic amines is 1. The number of nitrogens with zero attached hydrogens (tertiary/aromatic N) is 2. The zero-order valence-electron chi connectivity index (χ0n) is 18.6. The fraction of sp³-hybridized carbons (Fsp3) is 0.600. The Hall–Kier alpha value is -3.52. The van der Waals surface area contributed by atoms with Crippen molar-refractivity contribution < 1.29 is 39.3 Å². The number of H-pyrrole nitrogens is 1. The van der Waals surface area contributed by atoms with Crippen molar-refractivity contribution >= 4 is 29.7 Å². The highest BCUT2D eigenvalue weighted by Crippen LogP contribution is 2.19. The molecule has 2 heterocycles. The van der Waals surface area contributed by atoms with Gasteiger partial charge in [0, 0.05) is 31.3 Å². The molecule has 14 nitrogen and oxygen atoms in total. The number of hydrogen-bond donors (Lipinski definition) is 7. The van der Waals surface area contributed by atoms with Crippen LogP contribution in [0.4, 0.5) is 0 Å². The normalized spacial score (nSPS) is 19.0. The van der Waals surface area contributed by atoms with Gasteiger partial charge in [0.25, 0.3) is 0 Å². The number of carboxylic acid groups (broad SMARTS) is 2. The van der Waals surface area contributed by atoms with Crippen LogP contribution in [-0.2, 0) is 30.4 Å². The van der Waals surface area contributed by atoms with E-state index in [1.54, 1.807) is 0 Å². The second-order valence-electron chi connectivity index (χ2n) is 8.14. The number of aliphatic carboxylic acids is 2. The molecular weight excluding hydrogens is 452 g/mol. The number of carboxylic acids is 2. The second-order valence-corrected chi connectivity index (χ2v) is 8.14. The predicted octanol–water partition coefficient (Wildman–Crippen LogP) is -2.43. The zero-order chi connectivity index (χ0) is 25.4. The van der Waals surface area contributed by atoms with E-state index in [4.69, 9.17) is 10.8 Å². The number of carbonyl (C=O) groups excluding carboxylic acids is 3. The molecule has 0 aromatic carbocycles. The number of aliphatic hydroxyl groups excluding tert-OH is 1. The molecule has 8 N–H and O–H groups in total. The van der Waals surface area contributed by atoms with Gasteiger partial charge in [0.2, 0.25) is 17.7 Å². The molecule has 34 heavy (non-hydrogen) atoms. The van der Waals surface area contributed by atoms with Crippen molar-refractivity contribution in [2.24, 2.45) is 5.73 Å². The molecule has 1 saturated heterocycles. The minimum atomic E-state index is -1.45. The lowest BCUT2D eigenvalue weighted by atomic mass is 10.1. The van der Waals surface area contributed by atoms with Gasteiger partial charge in [-0.2, -0.15) is 0 Å². The van der Waals surface area contributed by atoms with Crippen molar-refractivity contribution in [3.63, 3.8) is 0 Å². The topological polar surface area (TPSA) is 228 Å². The third kappa shape index (κ3) is 7.25. The first-order valence-corrected chi connectivity index (χ1v) is 10.8. The standard InChI is InChI=1S/C20H30N6O8/c1-10(27)16(19(32)26-6-2-3-14(26)20(33)34)25-18(31)13(7-11-8-22-9-23-11)24-17(30)12(21)4-5-15(28)29/h8-10,12-14,16,27H,2-7,21H2,1H3,(H,22,23)(H,24,30)(H,25,31)(H,28,29)(H,33,34). The summed E-state index contributed by atoms with van der Waals surface area (Å²) in [5, 5.41) is 33.1. The van der Waals surface area contributed by atoms with Gasteiger partial charge in [-0.05, 0) is 26.2 Å². The van der Waals surface area contributed by atoms with Crippen LogP contribution >= 0.6 is 0 Å². The summed E-state index contributed by atoms with van der Waals surface area (Å²) in [6, 6.07) is -4.94. The molecule has 0 saturated carbocycles. The maximum Gasteiger partial charge on any atom is 0.326 e. The van der Waals surface area contributed by atoms with Crippen LogP contribution in [0, 0.1) is 0 Å². The lowest BCUT2D eigenvalue weighted by Gasteiger charge is -2.30. The highest BCUT2D eigenvalue weighted by Gasteiger charge is 2.40. The molecule has 0 bridgehead atoms. The first-order chi connectivity index (χ1) is 16.0. The minimum absolute atomic E-state index is 0.0641. The Labute approximate surface area is 194 Å². The number of carbonyl (C=O) groups is 5. The molecule has 3 amide bonds. The maximum absolute atomic E-state index is 13.1. The molecule has 1 aromatic rings. The van der Waals surface area contributed by atoms with Gasteiger partial charge in [-0.1, -0.05) is 0 Å². The molecule has 5 atom stereocenters. The molecule has 0 radical (unpaired) electrons. The van der Waals surface area contributed by atoms with E-state index in [0.29, 0.717) is 12.1 Å². The maximum atomic E-state index is 13.1. The SMILES string of the molecule is CC(O)C(NC(=O)C(Cc1cnc[nH]1)NC(=O)C(N)CCC(=O)O)C(=O)N1CCCC1C(=O)O. The Kier molecular flexibility index (Phi) is 9.50. The Balaban J connectivity index is 2.16. The van der Waals surface area contributed by atoms with E-state index in [1.807, 2.05) is 0 Å². The quantitative estimate of drug-likeness (QED) is 0.166. The van der Waals surface area contributed by atoms with Crippen LogP contribution in [0.5, 0.6) is 0 Å². The summed E-state index contributed by atoms with van der Waals surface area (Å²) in [6.07, 6.45) is 1.61. The molecule has 14 heteroatoms. The number of nitrogens with one attached hydrogen (secondary N) is 3. The number of aliphatic hydroxyl groups is 1. The third-order valence-electron chi connectivity index (χ3n) is 5.49. The number of rotatable bonds is 12. The lowest BCUT2D eigenvalue weighted by Crippen LogP contribution is -2.60. The molecule has 0 aliphatic carbocycles. The van der Waals surface area contributed by atoms with Crippen LogP contribution in [0.3, 0.4) is 0 Å². The van der Waals surface area contributed by atoms with E-state index in [-0.39, 0.29) is 32.2 Å². The monoisotopic (exact) mass is 482 g/mol. The van der Waals surface area contributed by atoms with Crippen molar-refractivity contribution in [2.75, 3.05) is 6.54 Å². The van der Waals surface area contributed by atoms with Gasteiger partial charge in [-0.25, -0.2) is 9.78 Å². The van der Waals surface area contributed by atoms with Crippen molar-refractivity contribution in [3.8, 4) is 0 Å². The molecular formula is C20H30N6O8. The molecule has 188 valence electrons. The Morgan fingerprint density at radius 3 is 2.50 bits per heavy atom. The summed E-state index contributed by atoms with van der Waals surface area (Å²) < 4.78 is 0. The van der Waals surface area contributed by atoms with E-state index in [2.05, 4.69) is 20.6 Å². The highest BCUT2D eigenvalue weighted by molar-refractivity contribution is 5.94. The first-order valence-electron chi connectivity index (χ1n) is 10.8. The Bertz CT molecular complexity index is 890. The largest absolute Gasteiger partial charge is 0.481 e. The second kappa shape index (κ2) is 12.1. The van der Waals surface area contributed by atoms with Crippen LogP contribution in [-0.4, -0.2) is 96.7 Å². The van der Waals surface area contributed by atoms with E-state index in [1.165, 1.54) is 19.4 Å². The van der Waals surface area contributed by atoms with Gasteiger partial charge in [0.1, 0.15) is 18.1 Å². The molecule has 1 aromatic heterocycles. The van der Waals surface area contributed by atoms with Crippen LogP contribution in [0.25, 0.3) is 0 Å². The number of hydrogen-bond acceptors (Lipinski definition) is 8. The summed E-state index contributed by atoms with van der Waals surface area (Å²) in [6.45, 7) is 1.45. The third-order valence-corrected chi connectivity index (χ3v) is 5.49. The molecule has 1 aliphatic rings. The van der Waals surface area contributed by atoms with Crippen molar-refractivity contribution in [2.45, 2.75) is 69.3 Å². The number of nitrogens with two attached hydrogens (primary N) is 1. The van der Waals surface area contributed by atoms with Crippen molar-refractivity contribution in [1.29, 1.82) is 0 Å².